The highest BCUT2D eigenvalue weighted by molar-refractivity contribution is 7.07. The number of carbonyl (C=O) groups excluding carboxylic acids is 1. The summed E-state index contributed by atoms with van der Waals surface area (Å²) in [5.74, 6) is 0.479. The Hall–Kier alpha value is -2.14. The largest absolute Gasteiger partial charge is 0.376 e. The smallest absolute Gasteiger partial charge is 0.239 e. The van der Waals surface area contributed by atoms with Crippen LogP contribution in [0.5, 0.6) is 0 Å². The number of nitrogens with zero attached hydrogens (tertiary/aromatic N) is 3. The average Bonchev–Trinajstić information content (AvgIpc) is 3.35. The normalized spacial score (nSPS) is 16.6. The van der Waals surface area contributed by atoms with Crippen LogP contribution in [0.4, 0.5) is 5.82 Å². The standard InChI is InChI=1S/C20H26N4O2S/c1-14-15(2)24(11-17-5-4-7-26-17)20(18(14)9-21)22-19(25)12-23(3)10-16-6-8-27-13-16/h6,8,13,17H,4-5,7,10-12H2,1-3H3,(H,22,25). The lowest BCUT2D eigenvalue weighted by Crippen LogP contribution is -2.31. The molecule has 1 aliphatic rings. The first-order valence-corrected chi connectivity index (χ1v) is 10.1. The lowest BCUT2D eigenvalue weighted by Gasteiger charge is -2.19. The van der Waals surface area contributed by atoms with Crippen molar-refractivity contribution in [3.63, 3.8) is 0 Å². The predicted octanol–water partition coefficient (Wildman–Crippen LogP) is 3.29. The van der Waals surface area contributed by atoms with Gasteiger partial charge in [-0.1, -0.05) is 0 Å². The summed E-state index contributed by atoms with van der Waals surface area (Å²) in [7, 11) is 1.92. The van der Waals surface area contributed by atoms with E-state index in [0.29, 0.717) is 17.9 Å². The van der Waals surface area contributed by atoms with Gasteiger partial charge in [-0.25, -0.2) is 0 Å². The Morgan fingerprint density at radius 1 is 1.52 bits per heavy atom. The van der Waals surface area contributed by atoms with Crippen LogP contribution in [-0.4, -0.2) is 41.7 Å². The van der Waals surface area contributed by atoms with E-state index in [1.54, 1.807) is 11.3 Å². The molecule has 0 bridgehead atoms. The molecule has 3 heterocycles. The van der Waals surface area contributed by atoms with Crippen LogP contribution in [0.2, 0.25) is 0 Å². The second-order valence-corrected chi connectivity index (χ2v) is 7.92. The molecule has 1 N–H and O–H groups in total. The minimum atomic E-state index is -0.115. The lowest BCUT2D eigenvalue weighted by atomic mass is 10.2. The molecule has 1 unspecified atom stereocenters. The van der Waals surface area contributed by atoms with Crippen LogP contribution in [0.1, 0.15) is 35.2 Å². The Morgan fingerprint density at radius 2 is 2.33 bits per heavy atom. The summed E-state index contributed by atoms with van der Waals surface area (Å²) in [6.07, 6.45) is 2.21. The molecule has 1 aliphatic heterocycles. The van der Waals surface area contributed by atoms with Crippen molar-refractivity contribution in [1.29, 1.82) is 5.26 Å². The first kappa shape index (κ1) is 19.6. The van der Waals surface area contributed by atoms with E-state index in [2.05, 4.69) is 22.8 Å². The van der Waals surface area contributed by atoms with Gasteiger partial charge in [0.05, 0.1) is 24.8 Å². The SMILES string of the molecule is Cc1c(C#N)c(NC(=O)CN(C)Cc2ccsc2)n(CC2CCCO2)c1C. The number of anilines is 1. The van der Waals surface area contributed by atoms with Gasteiger partial charge in [0, 0.05) is 18.8 Å². The molecule has 0 radical (unpaired) electrons. The van der Waals surface area contributed by atoms with Gasteiger partial charge in [-0.05, 0) is 61.7 Å². The molecule has 0 aliphatic carbocycles. The Morgan fingerprint density at radius 3 is 2.96 bits per heavy atom. The number of rotatable bonds is 7. The van der Waals surface area contributed by atoms with Crippen molar-refractivity contribution in [3.05, 3.63) is 39.2 Å². The molecule has 0 spiro atoms. The van der Waals surface area contributed by atoms with E-state index in [1.165, 1.54) is 5.56 Å². The van der Waals surface area contributed by atoms with Crippen LogP contribution in [0.15, 0.2) is 16.8 Å². The Balaban J connectivity index is 1.73. The summed E-state index contributed by atoms with van der Waals surface area (Å²) in [6.45, 7) is 6.35. The number of amides is 1. The van der Waals surface area contributed by atoms with Crippen molar-refractivity contribution in [1.82, 2.24) is 9.47 Å². The summed E-state index contributed by atoms with van der Waals surface area (Å²) in [6, 6.07) is 4.32. The Kier molecular flexibility index (Phi) is 6.32. The van der Waals surface area contributed by atoms with Gasteiger partial charge in [-0.15, -0.1) is 0 Å². The summed E-state index contributed by atoms with van der Waals surface area (Å²) >= 11 is 1.65. The fraction of sp³-hybridized carbons (Fsp3) is 0.500. The van der Waals surface area contributed by atoms with Crippen LogP contribution in [0.3, 0.4) is 0 Å². The predicted molar refractivity (Wildman–Crippen MR) is 107 cm³/mol. The first-order valence-electron chi connectivity index (χ1n) is 9.20. The third-order valence-corrected chi connectivity index (χ3v) is 5.79. The van der Waals surface area contributed by atoms with E-state index in [0.717, 1.165) is 37.3 Å². The molecular formula is C20H26N4O2S. The van der Waals surface area contributed by atoms with E-state index >= 15 is 0 Å². The van der Waals surface area contributed by atoms with E-state index in [1.807, 2.05) is 35.7 Å². The maximum Gasteiger partial charge on any atom is 0.239 e. The Bertz CT molecular complexity index is 829. The zero-order valence-electron chi connectivity index (χ0n) is 16.1. The Labute approximate surface area is 164 Å². The third kappa shape index (κ3) is 4.59. The second kappa shape index (κ2) is 8.70. The van der Waals surface area contributed by atoms with Crippen molar-refractivity contribution in [2.45, 2.75) is 45.9 Å². The minimum Gasteiger partial charge on any atom is -0.376 e. The van der Waals surface area contributed by atoms with Crippen LogP contribution >= 0.6 is 11.3 Å². The molecule has 2 aromatic heterocycles. The molecule has 27 heavy (non-hydrogen) atoms. The van der Waals surface area contributed by atoms with Crippen LogP contribution in [0.25, 0.3) is 0 Å². The van der Waals surface area contributed by atoms with Crippen molar-refractivity contribution in [2.24, 2.45) is 0 Å². The van der Waals surface area contributed by atoms with Crippen molar-refractivity contribution in [3.8, 4) is 6.07 Å². The van der Waals surface area contributed by atoms with Gasteiger partial charge in [0.1, 0.15) is 11.9 Å². The maximum absolute atomic E-state index is 12.6. The lowest BCUT2D eigenvalue weighted by molar-refractivity contribution is -0.117. The zero-order chi connectivity index (χ0) is 19.4. The number of hydrogen-bond donors (Lipinski definition) is 1. The van der Waals surface area contributed by atoms with Gasteiger partial charge < -0.3 is 14.6 Å². The molecule has 144 valence electrons. The fourth-order valence-electron chi connectivity index (χ4n) is 3.52. The van der Waals surface area contributed by atoms with Crippen LogP contribution in [0, 0.1) is 25.2 Å². The maximum atomic E-state index is 12.6. The van der Waals surface area contributed by atoms with Crippen molar-refractivity contribution >= 4 is 23.1 Å². The highest BCUT2D eigenvalue weighted by Gasteiger charge is 2.24. The minimum absolute atomic E-state index is 0.115. The van der Waals surface area contributed by atoms with E-state index in [4.69, 9.17) is 4.74 Å². The number of ether oxygens (including phenoxy) is 1. The van der Waals surface area contributed by atoms with Gasteiger partial charge in [0.15, 0.2) is 0 Å². The number of likely N-dealkylation sites (N-methyl/N-ethyl adjacent to an activating group) is 1. The van der Waals surface area contributed by atoms with E-state index in [9.17, 15) is 10.1 Å². The highest BCUT2D eigenvalue weighted by Crippen LogP contribution is 2.28. The molecule has 0 aromatic carbocycles. The summed E-state index contributed by atoms with van der Waals surface area (Å²) in [5, 5.41) is 16.7. The number of aromatic nitrogens is 1. The van der Waals surface area contributed by atoms with Crippen molar-refractivity contribution in [2.75, 3.05) is 25.5 Å². The topological polar surface area (TPSA) is 70.3 Å². The zero-order valence-corrected chi connectivity index (χ0v) is 16.9. The molecule has 1 saturated heterocycles. The van der Waals surface area contributed by atoms with E-state index < -0.39 is 0 Å². The molecule has 1 fully saturated rings. The number of nitriles is 1. The molecule has 6 nitrogen and oxygen atoms in total. The number of hydrogen-bond acceptors (Lipinski definition) is 5. The summed E-state index contributed by atoms with van der Waals surface area (Å²) < 4.78 is 7.78. The molecule has 0 saturated carbocycles. The van der Waals surface area contributed by atoms with Crippen LogP contribution in [-0.2, 0) is 22.6 Å². The van der Waals surface area contributed by atoms with Gasteiger partial charge in [0.2, 0.25) is 5.91 Å². The van der Waals surface area contributed by atoms with Gasteiger partial charge in [-0.3, -0.25) is 9.69 Å². The third-order valence-electron chi connectivity index (χ3n) is 5.06. The number of thiophene rings is 1. The molecular weight excluding hydrogens is 360 g/mol. The fourth-order valence-corrected chi connectivity index (χ4v) is 4.18. The molecule has 7 heteroatoms. The number of nitrogens with one attached hydrogen (secondary N) is 1. The molecule has 2 aromatic rings. The molecule has 3 rings (SSSR count). The monoisotopic (exact) mass is 386 g/mol. The van der Waals surface area contributed by atoms with Crippen LogP contribution < -0.4 is 5.32 Å². The second-order valence-electron chi connectivity index (χ2n) is 7.14. The summed E-state index contributed by atoms with van der Waals surface area (Å²) in [4.78, 5) is 14.6. The highest BCUT2D eigenvalue weighted by atomic mass is 32.1. The molecule has 1 amide bonds. The molecule has 1 atom stereocenters. The quantitative estimate of drug-likeness (QED) is 0.793. The summed E-state index contributed by atoms with van der Waals surface area (Å²) in [5.41, 5.74) is 3.65. The first-order chi connectivity index (χ1) is 13.0. The average molecular weight is 387 g/mol. The van der Waals surface area contributed by atoms with Gasteiger partial charge in [-0.2, -0.15) is 16.6 Å². The van der Waals surface area contributed by atoms with E-state index in [-0.39, 0.29) is 18.6 Å². The number of carbonyl (C=O) groups is 1. The van der Waals surface area contributed by atoms with Gasteiger partial charge in [0.25, 0.3) is 0 Å². The van der Waals surface area contributed by atoms with Gasteiger partial charge >= 0.3 is 0 Å². The van der Waals surface area contributed by atoms with Crippen molar-refractivity contribution < 1.29 is 9.53 Å².